The summed E-state index contributed by atoms with van der Waals surface area (Å²) < 4.78 is 16.7. The van der Waals surface area contributed by atoms with Crippen molar-refractivity contribution in [1.29, 1.82) is 0 Å². The number of methoxy groups -OCH3 is 1. The molecule has 5 nitrogen and oxygen atoms in total. The molecule has 1 atom stereocenters. The molecule has 0 fully saturated rings. The molecule has 0 aromatic heterocycles. The Labute approximate surface area is 160 Å². The van der Waals surface area contributed by atoms with Crippen LogP contribution in [-0.2, 0) is 17.6 Å². The zero-order valence-corrected chi connectivity index (χ0v) is 16.0. The van der Waals surface area contributed by atoms with Gasteiger partial charge in [0.2, 0.25) is 0 Å². The molecule has 0 bridgehead atoms. The van der Waals surface area contributed by atoms with Gasteiger partial charge in [0.05, 0.1) is 13.7 Å². The number of aryl methyl sites for hydroxylation is 1. The van der Waals surface area contributed by atoms with Crippen molar-refractivity contribution in [2.75, 3.05) is 20.3 Å². The Bertz CT molecular complexity index is 775. The van der Waals surface area contributed by atoms with Crippen LogP contribution in [0.15, 0.2) is 42.5 Å². The zero-order valence-electron chi connectivity index (χ0n) is 16.0. The van der Waals surface area contributed by atoms with Crippen molar-refractivity contribution in [3.63, 3.8) is 0 Å². The molecule has 0 unspecified atom stereocenters. The second kappa shape index (κ2) is 9.31. The summed E-state index contributed by atoms with van der Waals surface area (Å²) in [5.41, 5.74) is 2.60. The Balaban J connectivity index is 1.45. The van der Waals surface area contributed by atoms with Crippen molar-refractivity contribution in [2.24, 2.45) is 0 Å². The van der Waals surface area contributed by atoms with Gasteiger partial charge in [-0.25, -0.2) is 0 Å². The third-order valence-electron chi connectivity index (χ3n) is 4.74. The van der Waals surface area contributed by atoms with Gasteiger partial charge in [-0.2, -0.15) is 0 Å². The molecule has 1 N–H and O–H groups in total. The molecular weight excluding hydrogens is 342 g/mol. The maximum Gasteiger partial charge on any atom is 0.260 e. The minimum absolute atomic E-state index is 0.141. The first-order valence-corrected chi connectivity index (χ1v) is 9.49. The number of benzene rings is 2. The molecule has 0 radical (unpaired) electrons. The molecule has 0 saturated carbocycles. The van der Waals surface area contributed by atoms with Crippen LogP contribution in [0.4, 0.5) is 0 Å². The summed E-state index contributed by atoms with van der Waals surface area (Å²) in [6.45, 7) is 2.57. The highest BCUT2D eigenvalue weighted by molar-refractivity contribution is 5.80. The minimum Gasteiger partial charge on any atom is -0.497 e. The van der Waals surface area contributed by atoms with Gasteiger partial charge < -0.3 is 19.5 Å². The fourth-order valence-electron chi connectivity index (χ4n) is 3.28. The summed E-state index contributed by atoms with van der Waals surface area (Å²) in [7, 11) is 1.62. The fraction of sp³-hybridized carbons (Fsp3) is 0.409. The average Bonchev–Trinajstić information content (AvgIpc) is 2.71. The summed E-state index contributed by atoms with van der Waals surface area (Å²) in [6.07, 6.45) is 3.97. The van der Waals surface area contributed by atoms with Crippen LogP contribution in [0, 0.1) is 0 Å². The first-order chi connectivity index (χ1) is 13.2. The summed E-state index contributed by atoms with van der Waals surface area (Å²) in [5.74, 6) is 2.15. The number of ether oxygens (including phenoxy) is 3. The lowest BCUT2D eigenvalue weighted by molar-refractivity contribution is -0.127. The largest absolute Gasteiger partial charge is 0.497 e. The van der Waals surface area contributed by atoms with E-state index in [1.165, 1.54) is 24.0 Å². The van der Waals surface area contributed by atoms with E-state index in [1.54, 1.807) is 14.0 Å². The number of hydrogen-bond acceptors (Lipinski definition) is 4. The van der Waals surface area contributed by atoms with Gasteiger partial charge >= 0.3 is 0 Å². The van der Waals surface area contributed by atoms with Crippen molar-refractivity contribution in [2.45, 2.75) is 38.7 Å². The molecule has 1 aliphatic rings. The Kier molecular flexibility index (Phi) is 6.58. The molecular formula is C22H27NO4. The third-order valence-corrected chi connectivity index (χ3v) is 4.74. The molecule has 0 heterocycles. The van der Waals surface area contributed by atoms with Crippen LogP contribution in [0.1, 0.15) is 30.9 Å². The molecule has 2 aromatic rings. The van der Waals surface area contributed by atoms with Gasteiger partial charge in [-0.05, 0) is 61.9 Å². The topological polar surface area (TPSA) is 56.8 Å². The van der Waals surface area contributed by atoms with E-state index in [-0.39, 0.29) is 5.91 Å². The lowest BCUT2D eigenvalue weighted by Gasteiger charge is -2.22. The van der Waals surface area contributed by atoms with E-state index in [2.05, 4.69) is 11.4 Å². The van der Waals surface area contributed by atoms with Crippen LogP contribution in [-0.4, -0.2) is 32.3 Å². The SMILES string of the molecule is COc1cccc(OCCNC(=O)[C@H](C)Oc2cccc3c2CCCC3)c1. The van der Waals surface area contributed by atoms with Gasteiger partial charge in [-0.15, -0.1) is 0 Å². The molecule has 5 heteroatoms. The van der Waals surface area contributed by atoms with E-state index in [0.29, 0.717) is 18.9 Å². The molecule has 0 aliphatic heterocycles. The third kappa shape index (κ3) is 5.16. The molecule has 0 saturated heterocycles. The van der Waals surface area contributed by atoms with Gasteiger partial charge in [-0.3, -0.25) is 4.79 Å². The van der Waals surface area contributed by atoms with E-state index in [1.807, 2.05) is 36.4 Å². The normalized spacial score (nSPS) is 14.0. The van der Waals surface area contributed by atoms with E-state index in [4.69, 9.17) is 14.2 Å². The zero-order chi connectivity index (χ0) is 19.1. The highest BCUT2D eigenvalue weighted by Gasteiger charge is 2.19. The van der Waals surface area contributed by atoms with E-state index in [0.717, 1.165) is 24.3 Å². The van der Waals surface area contributed by atoms with Gasteiger partial charge in [0.1, 0.15) is 23.9 Å². The second-order valence-corrected chi connectivity index (χ2v) is 6.68. The van der Waals surface area contributed by atoms with Crippen molar-refractivity contribution in [3.8, 4) is 17.2 Å². The summed E-state index contributed by atoms with van der Waals surface area (Å²) in [5, 5.41) is 2.86. The van der Waals surface area contributed by atoms with Gasteiger partial charge in [-0.1, -0.05) is 18.2 Å². The number of fused-ring (bicyclic) bond motifs is 1. The van der Waals surface area contributed by atoms with Crippen molar-refractivity contribution < 1.29 is 19.0 Å². The number of rotatable bonds is 8. The van der Waals surface area contributed by atoms with E-state index < -0.39 is 6.10 Å². The quantitative estimate of drug-likeness (QED) is 0.723. The highest BCUT2D eigenvalue weighted by atomic mass is 16.5. The number of amides is 1. The Hall–Kier alpha value is -2.69. The number of carbonyl (C=O) groups excluding carboxylic acids is 1. The molecule has 144 valence electrons. The van der Waals surface area contributed by atoms with Crippen LogP contribution in [0.5, 0.6) is 17.2 Å². The molecule has 1 amide bonds. The van der Waals surface area contributed by atoms with Crippen molar-refractivity contribution >= 4 is 5.91 Å². The summed E-state index contributed by atoms with van der Waals surface area (Å²) in [6, 6.07) is 13.5. The van der Waals surface area contributed by atoms with E-state index >= 15 is 0 Å². The van der Waals surface area contributed by atoms with Gasteiger partial charge in [0, 0.05) is 6.07 Å². The number of carbonyl (C=O) groups is 1. The maximum atomic E-state index is 12.3. The first kappa shape index (κ1) is 19.1. The Morgan fingerprint density at radius 1 is 1.11 bits per heavy atom. The van der Waals surface area contributed by atoms with Crippen LogP contribution in [0.3, 0.4) is 0 Å². The predicted molar refractivity (Wildman–Crippen MR) is 105 cm³/mol. The van der Waals surface area contributed by atoms with E-state index in [9.17, 15) is 4.79 Å². The number of nitrogens with one attached hydrogen (secondary N) is 1. The second-order valence-electron chi connectivity index (χ2n) is 6.68. The Morgan fingerprint density at radius 3 is 2.74 bits per heavy atom. The highest BCUT2D eigenvalue weighted by Crippen LogP contribution is 2.30. The van der Waals surface area contributed by atoms with Crippen LogP contribution >= 0.6 is 0 Å². The maximum absolute atomic E-state index is 12.3. The fourth-order valence-corrected chi connectivity index (χ4v) is 3.28. The van der Waals surface area contributed by atoms with Gasteiger partial charge in [0.15, 0.2) is 6.10 Å². The van der Waals surface area contributed by atoms with Crippen LogP contribution in [0.25, 0.3) is 0 Å². The smallest absolute Gasteiger partial charge is 0.260 e. The predicted octanol–water partition coefficient (Wildman–Crippen LogP) is 3.54. The van der Waals surface area contributed by atoms with Crippen LogP contribution in [0.2, 0.25) is 0 Å². The van der Waals surface area contributed by atoms with Crippen LogP contribution < -0.4 is 19.5 Å². The molecule has 0 spiro atoms. The first-order valence-electron chi connectivity index (χ1n) is 9.49. The molecule has 2 aromatic carbocycles. The lowest BCUT2D eigenvalue weighted by Crippen LogP contribution is -2.38. The monoisotopic (exact) mass is 369 g/mol. The Morgan fingerprint density at radius 2 is 1.89 bits per heavy atom. The lowest BCUT2D eigenvalue weighted by atomic mass is 9.91. The molecule has 3 rings (SSSR count). The van der Waals surface area contributed by atoms with Crippen molar-refractivity contribution in [1.82, 2.24) is 5.32 Å². The average molecular weight is 369 g/mol. The summed E-state index contributed by atoms with van der Waals surface area (Å²) in [4.78, 5) is 12.3. The van der Waals surface area contributed by atoms with Gasteiger partial charge in [0.25, 0.3) is 5.91 Å². The standard InChI is InChI=1S/C22H27NO4/c1-16(27-21-12-5-8-17-7-3-4-11-20(17)21)22(24)23-13-14-26-19-10-6-9-18(15-19)25-2/h5-6,8-10,12,15-16H,3-4,7,11,13-14H2,1-2H3,(H,23,24)/t16-/m0/s1. The van der Waals surface area contributed by atoms with Crippen molar-refractivity contribution in [3.05, 3.63) is 53.6 Å². The molecule has 1 aliphatic carbocycles. The minimum atomic E-state index is -0.546. The number of hydrogen-bond donors (Lipinski definition) is 1. The molecule has 27 heavy (non-hydrogen) atoms. The summed E-state index contributed by atoms with van der Waals surface area (Å²) >= 11 is 0.